The molecule has 0 saturated carbocycles. The van der Waals surface area contributed by atoms with E-state index in [-0.39, 0.29) is 0 Å². The van der Waals surface area contributed by atoms with Gasteiger partial charge in [0.25, 0.3) is 0 Å². The summed E-state index contributed by atoms with van der Waals surface area (Å²) in [5, 5.41) is 7.43. The van der Waals surface area contributed by atoms with Crippen molar-refractivity contribution in [1.82, 2.24) is 14.8 Å². The fourth-order valence-corrected chi connectivity index (χ4v) is 2.97. The summed E-state index contributed by atoms with van der Waals surface area (Å²) in [6.45, 7) is 1.96. The van der Waals surface area contributed by atoms with Crippen LogP contribution in [0.1, 0.15) is 24.9 Å². The molecular weight excluding hydrogens is 324 g/mol. The van der Waals surface area contributed by atoms with E-state index in [0.29, 0.717) is 29.4 Å². The van der Waals surface area contributed by atoms with Gasteiger partial charge < -0.3 is 19.5 Å². The number of anilines is 1. The highest BCUT2D eigenvalue weighted by Gasteiger charge is 2.35. The summed E-state index contributed by atoms with van der Waals surface area (Å²) in [6, 6.07) is 5.03. The topological polar surface area (TPSA) is 87.5 Å². The first kappa shape index (κ1) is 16.8. The van der Waals surface area contributed by atoms with E-state index in [1.54, 1.807) is 25.0 Å². The van der Waals surface area contributed by atoms with E-state index in [4.69, 9.17) is 14.2 Å². The van der Waals surface area contributed by atoms with Crippen molar-refractivity contribution in [3.8, 4) is 11.5 Å². The Bertz CT molecular complexity index is 828. The Morgan fingerprint density at radius 1 is 1.24 bits per heavy atom. The second-order valence-corrected chi connectivity index (χ2v) is 5.41. The third kappa shape index (κ3) is 2.79. The second-order valence-electron chi connectivity index (χ2n) is 5.41. The van der Waals surface area contributed by atoms with Gasteiger partial charge in [-0.05, 0) is 24.1 Å². The van der Waals surface area contributed by atoms with Crippen molar-refractivity contribution in [2.45, 2.75) is 19.4 Å². The number of aromatic nitrogens is 3. The number of nitrogens with one attached hydrogen (secondary N) is 1. The smallest absolute Gasteiger partial charge is 0.338 e. The minimum atomic E-state index is -0.471. The molecule has 2 heterocycles. The number of esters is 1. The summed E-state index contributed by atoms with van der Waals surface area (Å²) >= 11 is 0. The fourth-order valence-electron chi connectivity index (χ4n) is 2.97. The molecule has 8 nitrogen and oxygen atoms in total. The normalized spacial score (nSPS) is 16.1. The average molecular weight is 344 g/mol. The number of carbonyl (C=O) groups is 1. The van der Waals surface area contributed by atoms with E-state index in [0.717, 1.165) is 11.3 Å². The Balaban J connectivity index is 2.20. The van der Waals surface area contributed by atoms with Crippen molar-refractivity contribution in [2.24, 2.45) is 0 Å². The molecule has 0 bridgehead atoms. The number of hydrogen-bond acceptors (Lipinski definition) is 7. The van der Waals surface area contributed by atoms with Crippen LogP contribution in [0.2, 0.25) is 0 Å². The zero-order valence-electron chi connectivity index (χ0n) is 14.6. The molecule has 0 aliphatic carbocycles. The Labute approximate surface area is 145 Å². The summed E-state index contributed by atoms with van der Waals surface area (Å²) in [6.07, 6.45) is 2.07. The number of methoxy groups -OCH3 is 3. The maximum absolute atomic E-state index is 12.5. The third-order valence-corrected chi connectivity index (χ3v) is 4.16. The molecule has 25 heavy (non-hydrogen) atoms. The predicted octanol–water partition coefficient (Wildman–Crippen LogP) is 2.15. The maximum Gasteiger partial charge on any atom is 0.338 e. The largest absolute Gasteiger partial charge is 0.493 e. The van der Waals surface area contributed by atoms with Crippen molar-refractivity contribution in [3.63, 3.8) is 0 Å². The Morgan fingerprint density at radius 2 is 2.00 bits per heavy atom. The zero-order chi connectivity index (χ0) is 18.0. The number of carbonyl (C=O) groups excluding carboxylic acids is 1. The molecule has 1 aliphatic heterocycles. The number of benzene rings is 1. The van der Waals surface area contributed by atoms with Crippen molar-refractivity contribution in [3.05, 3.63) is 41.4 Å². The number of hydrogen-bond donors (Lipinski definition) is 1. The van der Waals surface area contributed by atoms with Gasteiger partial charge in [-0.25, -0.2) is 9.48 Å². The summed E-state index contributed by atoms with van der Waals surface area (Å²) < 4.78 is 17.4. The second kappa shape index (κ2) is 6.84. The number of rotatable bonds is 5. The molecule has 0 amide bonds. The monoisotopic (exact) mass is 344 g/mol. The number of allylic oxidation sites excluding steroid dienone is 1. The lowest BCUT2D eigenvalue weighted by atomic mass is 9.94. The van der Waals surface area contributed by atoms with Crippen LogP contribution in [-0.4, -0.2) is 42.1 Å². The van der Waals surface area contributed by atoms with Crippen LogP contribution < -0.4 is 14.8 Å². The van der Waals surface area contributed by atoms with E-state index in [1.165, 1.54) is 13.4 Å². The predicted molar refractivity (Wildman–Crippen MR) is 90.7 cm³/mol. The van der Waals surface area contributed by atoms with Gasteiger partial charge in [0.1, 0.15) is 12.4 Å². The summed E-state index contributed by atoms with van der Waals surface area (Å²) in [7, 11) is 4.51. The van der Waals surface area contributed by atoms with Gasteiger partial charge in [0.2, 0.25) is 5.95 Å². The molecule has 0 fully saturated rings. The van der Waals surface area contributed by atoms with E-state index in [2.05, 4.69) is 15.4 Å². The van der Waals surface area contributed by atoms with Gasteiger partial charge in [-0.3, -0.25) is 0 Å². The standard InChI is InChI=1S/C17H20N4O4/c1-5-11-14(16(22)25-4)15(21-17(20-11)18-9-19-21)10-6-7-12(23-2)13(8-10)24-3/h6-9,15H,5H2,1-4H3,(H,18,19,20)/t15-/m1/s1. The number of fused-ring (bicyclic) bond motifs is 1. The maximum atomic E-state index is 12.5. The highest BCUT2D eigenvalue weighted by molar-refractivity contribution is 5.92. The first-order valence-electron chi connectivity index (χ1n) is 7.84. The Morgan fingerprint density at radius 3 is 2.64 bits per heavy atom. The van der Waals surface area contributed by atoms with Crippen LogP contribution in [-0.2, 0) is 9.53 Å². The average Bonchev–Trinajstić information content (AvgIpc) is 3.13. The molecule has 3 rings (SSSR count). The lowest BCUT2D eigenvalue weighted by molar-refractivity contribution is -0.136. The molecular formula is C17H20N4O4. The molecule has 1 aromatic carbocycles. The van der Waals surface area contributed by atoms with Gasteiger partial charge in [0, 0.05) is 5.70 Å². The minimum Gasteiger partial charge on any atom is -0.493 e. The van der Waals surface area contributed by atoms with Crippen LogP contribution in [0.15, 0.2) is 35.8 Å². The molecule has 0 radical (unpaired) electrons. The van der Waals surface area contributed by atoms with Crippen LogP contribution in [0, 0.1) is 0 Å². The van der Waals surface area contributed by atoms with Crippen molar-refractivity contribution >= 4 is 11.9 Å². The van der Waals surface area contributed by atoms with E-state index in [9.17, 15) is 4.79 Å². The van der Waals surface area contributed by atoms with Crippen LogP contribution in [0.3, 0.4) is 0 Å². The Kier molecular flexibility index (Phi) is 4.60. The highest BCUT2D eigenvalue weighted by atomic mass is 16.5. The summed E-state index contributed by atoms with van der Waals surface area (Å²) in [5.74, 6) is 1.34. The molecule has 1 aromatic heterocycles. The van der Waals surface area contributed by atoms with Crippen LogP contribution >= 0.6 is 0 Å². The van der Waals surface area contributed by atoms with E-state index in [1.807, 2.05) is 19.1 Å². The molecule has 2 aromatic rings. The minimum absolute atomic E-state index is 0.412. The molecule has 0 saturated heterocycles. The molecule has 0 unspecified atom stereocenters. The van der Waals surface area contributed by atoms with Crippen LogP contribution in [0.4, 0.5) is 5.95 Å². The Hall–Kier alpha value is -3.03. The van der Waals surface area contributed by atoms with Gasteiger partial charge in [-0.2, -0.15) is 10.1 Å². The zero-order valence-corrected chi connectivity index (χ0v) is 14.6. The SMILES string of the molecule is CCC1=C(C(=O)OC)[C@@H](c2ccc(OC)c(OC)c2)n2ncnc2N1. The highest BCUT2D eigenvalue weighted by Crippen LogP contribution is 2.39. The lowest BCUT2D eigenvalue weighted by Gasteiger charge is -2.29. The summed E-state index contributed by atoms with van der Waals surface area (Å²) in [5.41, 5.74) is 2.07. The molecule has 132 valence electrons. The fraction of sp³-hybridized carbons (Fsp3) is 0.353. The number of ether oxygens (including phenoxy) is 3. The first-order valence-corrected chi connectivity index (χ1v) is 7.84. The van der Waals surface area contributed by atoms with Crippen molar-refractivity contribution in [1.29, 1.82) is 0 Å². The van der Waals surface area contributed by atoms with Gasteiger partial charge >= 0.3 is 5.97 Å². The third-order valence-electron chi connectivity index (χ3n) is 4.16. The molecule has 0 spiro atoms. The van der Waals surface area contributed by atoms with Crippen molar-refractivity contribution in [2.75, 3.05) is 26.6 Å². The lowest BCUT2D eigenvalue weighted by Crippen LogP contribution is -2.30. The van der Waals surface area contributed by atoms with Crippen LogP contribution in [0.25, 0.3) is 0 Å². The van der Waals surface area contributed by atoms with Crippen molar-refractivity contribution < 1.29 is 19.0 Å². The molecule has 1 aliphatic rings. The van der Waals surface area contributed by atoms with Crippen LogP contribution in [0.5, 0.6) is 11.5 Å². The molecule has 1 N–H and O–H groups in total. The van der Waals surface area contributed by atoms with E-state index >= 15 is 0 Å². The summed E-state index contributed by atoms with van der Waals surface area (Å²) in [4.78, 5) is 16.7. The van der Waals surface area contributed by atoms with E-state index < -0.39 is 12.0 Å². The first-order chi connectivity index (χ1) is 12.1. The molecule has 8 heteroatoms. The quantitative estimate of drug-likeness (QED) is 0.832. The van der Waals surface area contributed by atoms with Gasteiger partial charge in [-0.1, -0.05) is 13.0 Å². The van der Waals surface area contributed by atoms with Gasteiger partial charge in [0.05, 0.1) is 26.9 Å². The molecule has 1 atom stereocenters. The van der Waals surface area contributed by atoms with Gasteiger partial charge in [0.15, 0.2) is 11.5 Å². The van der Waals surface area contributed by atoms with Gasteiger partial charge in [-0.15, -0.1) is 0 Å². The number of nitrogens with zero attached hydrogens (tertiary/aromatic N) is 3.